The van der Waals surface area contributed by atoms with Crippen molar-refractivity contribution in [2.75, 3.05) is 0 Å². The molecule has 1 rings (SSSR count). The van der Waals surface area contributed by atoms with Gasteiger partial charge < -0.3 is 5.11 Å². The highest BCUT2D eigenvalue weighted by atomic mass is 79.9. The van der Waals surface area contributed by atoms with Crippen LogP contribution in [0.1, 0.15) is 28.0 Å². The van der Waals surface area contributed by atoms with E-state index in [1.54, 1.807) is 0 Å². The molecular formula is C8H3BrF2N2O2. The van der Waals surface area contributed by atoms with Crippen molar-refractivity contribution < 1.29 is 18.7 Å². The highest BCUT2D eigenvalue weighted by Crippen LogP contribution is 2.30. The van der Waals surface area contributed by atoms with Gasteiger partial charge in [-0.05, 0) is 15.9 Å². The minimum Gasteiger partial charge on any atom is -0.476 e. The molecule has 0 spiro atoms. The molecule has 0 saturated carbocycles. The van der Waals surface area contributed by atoms with Crippen molar-refractivity contribution in [3.63, 3.8) is 0 Å². The predicted octanol–water partition coefficient (Wildman–Crippen LogP) is 2.35. The fourth-order valence-corrected chi connectivity index (χ4v) is 1.47. The fourth-order valence-electron chi connectivity index (χ4n) is 0.920. The SMILES string of the molecule is N#Cc1c(C(=O)O)ncc(C(F)F)c1Br. The van der Waals surface area contributed by atoms with Gasteiger partial charge in [-0.2, -0.15) is 5.26 Å². The number of hydrogen-bond acceptors (Lipinski definition) is 3. The first kappa shape index (κ1) is 11.5. The van der Waals surface area contributed by atoms with Crippen LogP contribution in [0.25, 0.3) is 0 Å². The van der Waals surface area contributed by atoms with Crippen LogP contribution >= 0.6 is 15.9 Å². The maximum atomic E-state index is 12.4. The minimum absolute atomic E-state index is 0.229. The zero-order valence-corrected chi connectivity index (χ0v) is 8.62. The second-order valence-electron chi connectivity index (χ2n) is 2.47. The average molecular weight is 277 g/mol. The molecule has 1 aromatic heterocycles. The largest absolute Gasteiger partial charge is 0.476 e. The third-order valence-electron chi connectivity index (χ3n) is 1.59. The van der Waals surface area contributed by atoms with E-state index in [0.29, 0.717) is 0 Å². The third kappa shape index (κ3) is 2.10. The summed E-state index contributed by atoms with van der Waals surface area (Å²) in [5.74, 6) is -1.44. The number of alkyl halides is 2. The molecule has 0 radical (unpaired) electrons. The van der Waals surface area contributed by atoms with Crippen LogP contribution in [-0.4, -0.2) is 16.1 Å². The van der Waals surface area contributed by atoms with Crippen molar-refractivity contribution in [1.82, 2.24) is 4.98 Å². The van der Waals surface area contributed by atoms with Crippen molar-refractivity contribution in [2.45, 2.75) is 6.43 Å². The first-order chi connectivity index (χ1) is 6.99. The number of halogens is 3. The van der Waals surface area contributed by atoms with E-state index in [-0.39, 0.29) is 4.47 Å². The number of aromatic nitrogens is 1. The summed E-state index contributed by atoms with van der Waals surface area (Å²) in [5.41, 5.74) is -1.45. The average Bonchev–Trinajstić information content (AvgIpc) is 2.16. The Kier molecular flexibility index (Phi) is 3.31. The fraction of sp³-hybridized carbons (Fsp3) is 0.125. The molecule has 0 fully saturated rings. The molecule has 0 aromatic carbocycles. The van der Waals surface area contributed by atoms with E-state index in [2.05, 4.69) is 20.9 Å². The quantitative estimate of drug-likeness (QED) is 0.900. The standard InChI is InChI=1S/C8H3BrF2N2O2/c9-5-3(1-12)6(8(14)15)13-2-4(5)7(10)11/h2,7H,(H,14,15). The number of carbonyl (C=O) groups is 1. The summed E-state index contributed by atoms with van der Waals surface area (Å²) in [7, 11) is 0. The molecule has 0 unspecified atom stereocenters. The lowest BCUT2D eigenvalue weighted by Crippen LogP contribution is -2.06. The third-order valence-corrected chi connectivity index (χ3v) is 2.45. The Labute approximate surface area is 91.3 Å². The molecule has 0 atom stereocenters. The number of carboxylic acid groups (broad SMARTS) is 1. The van der Waals surface area contributed by atoms with E-state index >= 15 is 0 Å². The molecule has 0 bridgehead atoms. The Morgan fingerprint density at radius 1 is 1.67 bits per heavy atom. The zero-order chi connectivity index (χ0) is 11.6. The van der Waals surface area contributed by atoms with Gasteiger partial charge in [-0.3, -0.25) is 0 Å². The van der Waals surface area contributed by atoms with Crippen LogP contribution in [0.2, 0.25) is 0 Å². The van der Waals surface area contributed by atoms with E-state index in [4.69, 9.17) is 10.4 Å². The number of hydrogen-bond donors (Lipinski definition) is 1. The molecule has 0 amide bonds. The second kappa shape index (κ2) is 4.31. The molecule has 1 N–H and O–H groups in total. The number of nitrogens with zero attached hydrogens (tertiary/aromatic N) is 2. The van der Waals surface area contributed by atoms with Gasteiger partial charge in [0.2, 0.25) is 0 Å². The molecule has 1 heterocycles. The summed E-state index contributed by atoms with van der Waals surface area (Å²) in [6, 6.07) is 1.52. The maximum Gasteiger partial charge on any atom is 0.355 e. The van der Waals surface area contributed by atoms with Gasteiger partial charge in [0.25, 0.3) is 6.43 Å². The van der Waals surface area contributed by atoms with E-state index in [9.17, 15) is 13.6 Å². The lowest BCUT2D eigenvalue weighted by atomic mass is 10.1. The van der Waals surface area contributed by atoms with Gasteiger partial charge in [-0.15, -0.1) is 0 Å². The zero-order valence-electron chi connectivity index (χ0n) is 7.04. The van der Waals surface area contributed by atoms with E-state index < -0.39 is 29.2 Å². The normalized spacial score (nSPS) is 10.1. The van der Waals surface area contributed by atoms with Gasteiger partial charge in [0, 0.05) is 10.7 Å². The van der Waals surface area contributed by atoms with Gasteiger partial charge in [0.05, 0.1) is 11.1 Å². The van der Waals surface area contributed by atoms with Gasteiger partial charge in [0.15, 0.2) is 5.69 Å². The van der Waals surface area contributed by atoms with Crippen LogP contribution in [0.4, 0.5) is 8.78 Å². The summed E-state index contributed by atoms with van der Waals surface area (Å²) < 4.78 is 24.5. The summed E-state index contributed by atoms with van der Waals surface area (Å²) in [6.45, 7) is 0. The van der Waals surface area contributed by atoms with E-state index in [1.165, 1.54) is 6.07 Å². The topological polar surface area (TPSA) is 74.0 Å². The van der Waals surface area contributed by atoms with Crippen LogP contribution in [0.15, 0.2) is 10.7 Å². The van der Waals surface area contributed by atoms with Crippen LogP contribution < -0.4 is 0 Å². The van der Waals surface area contributed by atoms with Crippen LogP contribution in [-0.2, 0) is 0 Å². The van der Waals surface area contributed by atoms with Crippen molar-refractivity contribution in [1.29, 1.82) is 5.26 Å². The Morgan fingerprint density at radius 3 is 2.67 bits per heavy atom. The number of nitriles is 1. The van der Waals surface area contributed by atoms with Crippen molar-refractivity contribution in [3.05, 3.63) is 27.5 Å². The molecule has 0 saturated heterocycles. The first-order valence-electron chi connectivity index (χ1n) is 3.59. The summed E-state index contributed by atoms with van der Waals surface area (Å²) in [4.78, 5) is 13.9. The number of carboxylic acids is 1. The van der Waals surface area contributed by atoms with Gasteiger partial charge >= 0.3 is 5.97 Å². The van der Waals surface area contributed by atoms with Crippen LogP contribution in [0, 0.1) is 11.3 Å². The monoisotopic (exact) mass is 276 g/mol. The van der Waals surface area contributed by atoms with Gasteiger partial charge in [-0.1, -0.05) is 0 Å². The second-order valence-corrected chi connectivity index (χ2v) is 3.26. The lowest BCUT2D eigenvalue weighted by Gasteiger charge is -2.05. The Bertz CT molecular complexity index is 457. The lowest BCUT2D eigenvalue weighted by molar-refractivity contribution is 0.0689. The molecule has 0 aliphatic rings. The van der Waals surface area contributed by atoms with Crippen LogP contribution in [0.3, 0.4) is 0 Å². The van der Waals surface area contributed by atoms with Gasteiger partial charge in [-0.25, -0.2) is 18.6 Å². The highest BCUT2D eigenvalue weighted by molar-refractivity contribution is 9.10. The van der Waals surface area contributed by atoms with E-state index in [1.807, 2.05) is 0 Å². The maximum absolute atomic E-state index is 12.4. The molecule has 4 nitrogen and oxygen atoms in total. The molecule has 15 heavy (non-hydrogen) atoms. The smallest absolute Gasteiger partial charge is 0.355 e. The molecule has 1 aromatic rings. The Hall–Kier alpha value is -1.55. The van der Waals surface area contributed by atoms with E-state index in [0.717, 1.165) is 6.20 Å². The summed E-state index contributed by atoms with van der Waals surface area (Å²) in [5, 5.41) is 17.3. The molecule has 0 aliphatic heterocycles. The summed E-state index contributed by atoms with van der Waals surface area (Å²) >= 11 is 2.76. The van der Waals surface area contributed by atoms with Crippen molar-refractivity contribution >= 4 is 21.9 Å². The number of pyridine rings is 1. The molecule has 0 aliphatic carbocycles. The summed E-state index contributed by atoms with van der Waals surface area (Å²) in [6.07, 6.45) is -2.08. The predicted molar refractivity (Wildman–Crippen MR) is 48.6 cm³/mol. The van der Waals surface area contributed by atoms with Crippen molar-refractivity contribution in [3.8, 4) is 6.07 Å². The number of aromatic carboxylic acids is 1. The highest BCUT2D eigenvalue weighted by Gasteiger charge is 2.21. The van der Waals surface area contributed by atoms with Crippen molar-refractivity contribution in [2.24, 2.45) is 0 Å². The Morgan fingerprint density at radius 2 is 2.27 bits per heavy atom. The first-order valence-corrected chi connectivity index (χ1v) is 4.38. The minimum atomic E-state index is -2.82. The molecule has 78 valence electrons. The van der Waals surface area contributed by atoms with Crippen LogP contribution in [0.5, 0.6) is 0 Å². The van der Waals surface area contributed by atoms with Gasteiger partial charge in [0.1, 0.15) is 6.07 Å². The number of rotatable bonds is 2. The molecule has 7 heteroatoms. The Balaban J connectivity index is 3.48. The molecular weight excluding hydrogens is 274 g/mol.